The van der Waals surface area contributed by atoms with Crippen LogP contribution in [0.2, 0.25) is 0 Å². The summed E-state index contributed by atoms with van der Waals surface area (Å²) < 4.78 is 15.3. The second kappa shape index (κ2) is 16.9. The Bertz CT molecular complexity index is 2240. The number of nitrogens with zero attached hydrogens (tertiary/aromatic N) is 2. The maximum absolute atomic E-state index is 12.9. The Morgan fingerprint density at radius 1 is 0.745 bits per heavy atom. The van der Waals surface area contributed by atoms with Gasteiger partial charge in [-0.2, -0.15) is 0 Å². The fourth-order valence-electron chi connectivity index (χ4n) is 7.91. The number of hydrogen-bond acceptors (Lipinski definition) is 6. The Balaban J connectivity index is 0.942. The summed E-state index contributed by atoms with van der Waals surface area (Å²) in [6.07, 6.45) is 1.65. The number of urea groups is 1. The zero-order chi connectivity index (χ0) is 37.6. The molecular weight excluding hydrogens is 691 g/mol. The van der Waals surface area contributed by atoms with Crippen LogP contribution in [0.25, 0.3) is 22.2 Å². The summed E-state index contributed by atoms with van der Waals surface area (Å²) >= 11 is 0. The number of carbonyl (C=O) groups is 1. The number of nitrogens with one attached hydrogen (secondary N) is 3. The third-order valence-electron chi connectivity index (χ3n) is 10.9. The minimum atomic E-state index is -0.567. The second-order valence-corrected chi connectivity index (χ2v) is 14.5. The summed E-state index contributed by atoms with van der Waals surface area (Å²) in [7, 11) is 0. The summed E-state index contributed by atoms with van der Waals surface area (Å²) in [6, 6.07) is 42.0. The number of aromatic nitrogens is 2. The standard InChI is InChI=1S/C45H47N5O5/c51-30-32-14-16-34(17-15-32)42-26-38(29-49-24-22-37(23-25-49)50-41-13-7-6-12-40(41)48-45(50)53)54-43(55-42)35-20-18-33(19-21-35)39-11-5-4-10-36(39)28-47-44(52)46-27-31-8-2-1-3-9-31/h1-21,37-38,42-43,51H,22-30H2,(H,48,53)(H2,46,47,52)/t38-,42+,43+/m0/s1. The minimum Gasteiger partial charge on any atom is -0.392 e. The van der Waals surface area contributed by atoms with Crippen LogP contribution in [-0.2, 0) is 29.2 Å². The molecule has 0 bridgehead atoms. The quantitative estimate of drug-likeness (QED) is 0.110. The number of amides is 2. The van der Waals surface area contributed by atoms with E-state index in [1.54, 1.807) is 0 Å². The van der Waals surface area contributed by atoms with E-state index in [1.807, 2.05) is 102 Å². The number of fused-ring (bicyclic) bond motifs is 1. The molecule has 3 heterocycles. The molecule has 2 aliphatic heterocycles. The Hall–Kier alpha value is -5.52. The van der Waals surface area contributed by atoms with E-state index in [0.717, 1.165) is 82.5 Å². The van der Waals surface area contributed by atoms with E-state index < -0.39 is 6.29 Å². The van der Waals surface area contributed by atoms with Crippen molar-refractivity contribution in [3.63, 3.8) is 0 Å². The number of carbonyl (C=O) groups excluding carboxylic acids is 1. The van der Waals surface area contributed by atoms with Gasteiger partial charge in [0.1, 0.15) is 0 Å². The number of para-hydroxylation sites is 2. The molecule has 2 aliphatic rings. The number of benzene rings is 5. The van der Waals surface area contributed by atoms with Gasteiger partial charge in [0.15, 0.2) is 6.29 Å². The highest BCUT2D eigenvalue weighted by molar-refractivity contribution is 5.75. The molecule has 282 valence electrons. The first-order chi connectivity index (χ1) is 27.0. The number of H-pyrrole nitrogens is 1. The maximum atomic E-state index is 12.9. The van der Waals surface area contributed by atoms with Crippen molar-refractivity contribution in [2.45, 2.75) is 63.5 Å². The fourth-order valence-corrected chi connectivity index (χ4v) is 7.91. The first-order valence-electron chi connectivity index (χ1n) is 19.2. The van der Waals surface area contributed by atoms with Crippen molar-refractivity contribution < 1.29 is 19.4 Å². The van der Waals surface area contributed by atoms with Crippen LogP contribution in [0.1, 0.15) is 65.5 Å². The van der Waals surface area contributed by atoms with Crippen LogP contribution >= 0.6 is 0 Å². The van der Waals surface area contributed by atoms with Gasteiger partial charge in [-0.05, 0) is 58.4 Å². The van der Waals surface area contributed by atoms with E-state index in [0.29, 0.717) is 19.5 Å². The number of ether oxygens (including phenoxy) is 2. The highest BCUT2D eigenvalue weighted by atomic mass is 16.7. The molecule has 10 heteroatoms. The summed E-state index contributed by atoms with van der Waals surface area (Å²) in [6.45, 7) is 3.35. The van der Waals surface area contributed by atoms with Crippen LogP contribution in [0.4, 0.5) is 4.79 Å². The van der Waals surface area contributed by atoms with Gasteiger partial charge in [0, 0.05) is 50.7 Å². The summed E-state index contributed by atoms with van der Waals surface area (Å²) in [5.74, 6) is 0. The largest absolute Gasteiger partial charge is 0.392 e. The van der Waals surface area contributed by atoms with Crippen LogP contribution < -0.4 is 16.3 Å². The lowest BCUT2D eigenvalue weighted by atomic mass is 9.97. The molecule has 0 spiro atoms. The van der Waals surface area contributed by atoms with E-state index in [9.17, 15) is 14.7 Å². The lowest BCUT2D eigenvalue weighted by Gasteiger charge is -2.40. The van der Waals surface area contributed by atoms with Gasteiger partial charge in [-0.1, -0.05) is 115 Å². The minimum absolute atomic E-state index is 0.00616. The predicted octanol–water partition coefficient (Wildman–Crippen LogP) is 7.37. The van der Waals surface area contributed by atoms with Crippen molar-refractivity contribution in [3.8, 4) is 11.1 Å². The monoisotopic (exact) mass is 737 g/mol. The van der Waals surface area contributed by atoms with E-state index in [1.165, 1.54) is 0 Å². The highest BCUT2D eigenvalue weighted by Gasteiger charge is 2.34. The molecule has 0 aliphatic carbocycles. The first-order valence-corrected chi connectivity index (χ1v) is 19.2. The third-order valence-corrected chi connectivity index (χ3v) is 10.9. The fraction of sp³-hybridized carbons (Fsp3) is 0.289. The lowest BCUT2D eigenvalue weighted by molar-refractivity contribution is -0.253. The molecule has 2 fully saturated rings. The number of likely N-dealkylation sites (tertiary alicyclic amines) is 1. The Morgan fingerprint density at radius 3 is 2.22 bits per heavy atom. The molecule has 0 unspecified atom stereocenters. The number of piperidine rings is 1. The van der Waals surface area contributed by atoms with Gasteiger partial charge in [0.25, 0.3) is 0 Å². The Morgan fingerprint density at radius 2 is 1.44 bits per heavy atom. The molecule has 2 saturated heterocycles. The van der Waals surface area contributed by atoms with Gasteiger partial charge in [0.2, 0.25) is 0 Å². The summed E-state index contributed by atoms with van der Waals surface area (Å²) in [4.78, 5) is 31.0. The highest BCUT2D eigenvalue weighted by Crippen LogP contribution is 2.39. The second-order valence-electron chi connectivity index (χ2n) is 14.5. The summed E-state index contributed by atoms with van der Waals surface area (Å²) in [5.41, 5.74) is 8.78. The first kappa shape index (κ1) is 36.5. The number of hydrogen-bond donors (Lipinski definition) is 4. The molecule has 8 rings (SSSR count). The SMILES string of the molecule is O=C(NCc1ccccc1)NCc1ccccc1-c1ccc([C@@H]2O[C@H](CN3CCC(n4c(=O)[nH]c5ccccc54)CC3)C[C@H](c3ccc(CO)cc3)O2)cc1. The van der Waals surface area contributed by atoms with E-state index >= 15 is 0 Å². The van der Waals surface area contributed by atoms with Crippen LogP contribution in [0, 0.1) is 0 Å². The maximum Gasteiger partial charge on any atom is 0.326 e. The molecular formula is C45H47N5O5. The molecule has 0 saturated carbocycles. The number of aliphatic hydroxyl groups is 1. The Labute approximate surface area is 320 Å². The van der Waals surface area contributed by atoms with Crippen molar-refractivity contribution in [2.24, 2.45) is 0 Å². The number of imidazole rings is 1. The molecule has 6 aromatic rings. The molecule has 10 nitrogen and oxygen atoms in total. The topological polar surface area (TPSA) is 121 Å². The van der Waals surface area contributed by atoms with Gasteiger partial charge in [0.05, 0.1) is 29.8 Å². The van der Waals surface area contributed by atoms with E-state index in [2.05, 4.69) is 50.8 Å². The smallest absolute Gasteiger partial charge is 0.326 e. The number of aliphatic hydroxyl groups excluding tert-OH is 1. The molecule has 55 heavy (non-hydrogen) atoms. The molecule has 3 atom stereocenters. The van der Waals surface area contributed by atoms with Crippen molar-refractivity contribution in [1.29, 1.82) is 0 Å². The van der Waals surface area contributed by atoms with Crippen molar-refractivity contribution in [2.75, 3.05) is 19.6 Å². The molecule has 2 amide bonds. The predicted molar refractivity (Wildman–Crippen MR) is 213 cm³/mol. The Kier molecular flexibility index (Phi) is 11.2. The molecule has 4 N–H and O–H groups in total. The van der Waals surface area contributed by atoms with E-state index in [-0.39, 0.29) is 36.6 Å². The molecule has 5 aromatic carbocycles. The van der Waals surface area contributed by atoms with Gasteiger partial charge in [-0.3, -0.25) is 4.57 Å². The molecule has 0 radical (unpaired) electrons. The van der Waals surface area contributed by atoms with Crippen LogP contribution in [0.15, 0.2) is 132 Å². The van der Waals surface area contributed by atoms with Crippen LogP contribution in [0.3, 0.4) is 0 Å². The van der Waals surface area contributed by atoms with Crippen molar-refractivity contribution in [3.05, 3.63) is 166 Å². The third kappa shape index (κ3) is 8.58. The average molecular weight is 738 g/mol. The average Bonchev–Trinajstić information content (AvgIpc) is 3.58. The zero-order valence-corrected chi connectivity index (χ0v) is 30.8. The van der Waals surface area contributed by atoms with Crippen molar-refractivity contribution >= 4 is 17.1 Å². The number of rotatable bonds is 11. The van der Waals surface area contributed by atoms with Gasteiger partial charge < -0.3 is 35.1 Å². The number of aromatic amines is 1. The van der Waals surface area contributed by atoms with Gasteiger partial charge >= 0.3 is 11.7 Å². The van der Waals surface area contributed by atoms with Crippen LogP contribution in [-0.4, -0.2) is 51.3 Å². The molecule has 1 aromatic heterocycles. The summed E-state index contributed by atoms with van der Waals surface area (Å²) in [5, 5.41) is 15.6. The normalized spacial score (nSPS) is 19.3. The van der Waals surface area contributed by atoms with Crippen molar-refractivity contribution in [1.82, 2.24) is 25.1 Å². The van der Waals surface area contributed by atoms with Gasteiger partial charge in [-0.15, -0.1) is 0 Å². The lowest BCUT2D eigenvalue weighted by Crippen LogP contribution is -2.43. The van der Waals surface area contributed by atoms with Crippen LogP contribution in [0.5, 0.6) is 0 Å². The van der Waals surface area contributed by atoms with Gasteiger partial charge in [-0.25, -0.2) is 9.59 Å². The van der Waals surface area contributed by atoms with E-state index in [4.69, 9.17) is 9.47 Å². The zero-order valence-electron chi connectivity index (χ0n) is 30.8.